The van der Waals surface area contributed by atoms with Gasteiger partial charge in [0.05, 0.1) is 29.3 Å². The maximum absolute atomic E-state index is 9.83. The number of fused-ring (bicyclic) bond motifs is 1. The highest BCUT2D eigenvalue weighted by atomic mass is 32.2. The Morgan fingerprint density at radius 2 is 1.79 bits per heavy atom. The Balaban J connectivity index is 1.76. The normalized spacial score (nSPS) is 12.2. The van der Waals surface area contributed by atoms with Crippen molar-refractivity contribution in [1.29, 1.82) is 0 Å². The molecule has 4 rings (SSSR count). The van der Waals surface area contributed by atoms with E-state index in [1.807, 2.05) is 67.6 Å². The van der Waals surface area contributed by atoms with Gasteiger partial charge < -0.3 is 14.6 Å². The number of phenolic OH excluding ortho intramolecular Hbond substituents is 1. The summed E-state index contributed by atoms with van der Waals surface area (Å²) in [5.74, 6) is 0.221. The molecule has 0 amide bonds. The summed E-state index contributed by atoms with van der Waals surface area (Å²) >= 11 is 0. The summed E-state index contributed by atoms with van der Waals surface area (Å²) in [5.41, 5.74) is 4.47. The van der Waals surface area contributed by atoms with Crippen molar-refractivity contribution in [2.75, 3.05) is 12.4 Å². The first-order valence-corrected chi connectivity index (χ1v) is 10.3. The number of hydrogen-bond donors (Lipinski definition) is 2. The van der Waals surface area contributed by atoms with Crippen LogP contribution >= 0.6 is 0 Å². The van der Waals surface area contributed by atoms with Crippen molar-refractivity contribution in [2.24, 2.45) is 4.36 Å². The summed E-state index contributed by atoms with van der Waals surface area (Å²) in [5, 5.41) is 14.2. The Morgan fingerprint density at radius 1 is 0.966 bits per heavy atom. The van der Waals surface area contributed by atoms with E-state index in [1.54, 1.807) is 25.4 Å². The van der Waals surface area contributed by atoms with Crippen LogP contribution in [0, 0.1) is 6.92 Å². The maximum atomic E-state index is 9.83. The number of pyridine rings is 1. The van der Waals surface area contributed by atoms with Crippen molar-refractivity contribution in [3.8, 4) is 5.75 Å². The first-order chi connectivity index (χ1) is 14.1. The molecule has 4 aromatic rings. The van der Waals surface area contributed by atoms with Gasteiger partial charge in [0.25, 0.3) is 0 Å². The standard InChI is InChI=1S/C23H21N3O2S/c1-16-8-10-18(27)15-23(16)25-22-12-13-24-21-11-9-17(14-20(21)22)26-29(28-2)19-6-4-3-5-7-19/h3-15,27H,1-2H3,(H,24,25). The van der Waals surface area contributed by atoms with E-state index in [1.165, 1.54) is 0 Å². The smallest absolute Gasteiger partial charge is 0.117 e. The van der Waals surface area contributed by atoms with Crippen molar-refractivity contribution >= 4 is 38.9 Å². The van der Waals surface area contributed by atoms with Gasteiger partial charge in [0.1, 0.15) is 5.75 Å². The zero-order valence-electron chi connectivity index (χ0n) is 16.2. The van der Waals surface area contributed by atoms with Crippen LogP contribution in [0.4, 0.5) is 17.1 Å². The van der Waals surface area contributed by atoms with Gasteiger partial charge in [-0.25, -0.2) is 0 Å². The lowest BCUT2D eigenvalue weighted by atomic mass is 10.1. The number of aromatic hydroxyl groups is 1. The summed E-state index contributed by atoms with van der Waals surface area (Å²) in [7, 11) is 0.978. The molecule has 0 aliphatic carbocycles. The van der Waals surface area contributed by atoms with E-state index in [2.05, 4.69) is 10.3 Å². The molecule has 1 unspecified atom stereocenters. The average molecular weight is 404 g/mol. The van der Waals surface area contributed by atoms with E-state index >= 15 is 0 Å². The molecule has 0 aliphatic heterocycles. The molecule has 0 radical (unpaired) electrons. The summed E-state index contributed by atoms with van der Waals surface area (Å²) in [6.45, 7) is 2.00. The lowest BCUT2D eigenvalue weighted by Crippen LogP contribution is -1.95. The molecular formula is C23H21N3O2S. The van der Waals surface area contributed by atoms with E-state index in [0.717, 1.165) is 38.4 Å². The van der Waals surface area contributed by atoms with Gasteiger partial charge in [-0.05, 0) is 55.0 Å². The topological polar surface area (TPSA) is 66.7 Å². The molecule has 146 valence electrons. The largest absolute Gasteiger partial charge is 0.508 e. The van der Waals surface area contributed by atoms with Crippen LogP contribution in [0.15, 0.2) is 88.3 Å². The van der Waals surface area contributed by atoms with E-state index in [-0.39, 0.29) is 5.75 Å². The van der Waals surface area contributed by atoms with Gasteiger partial charge in [0.2, 0.25) is 0 Å². The van der Waals surface area contributed by atoms with Crippen LogP contribution in [0.1, 0.15) is 5.56 Å². The average Bonchev–Trinajstić information content (AvgIpc) is 2.75. The van der Waals surface area contributed by atoms with Crippen LogP contribution in [0.5, 0.6) is 5.75 Å². The predicted molar refractivity (Wildman–Crippen MR) is 119 cm³/mol. The Kier molecular flexibility index (Phi) is 5.55. The van der Waals surface area contributed by atoms with Crippen molar-refractivity contribution in [3.63, 3.8) is 0 Å². The Labute approximate surface area is 172 Å². The highest BCUT2D eigenvalue weighted by molar-refractivity contribution is 7.82. The van der Waals surface area contributed by atoms with Gasteiger partial charge in [-0.2, -0.15) is 4.36 Å². The third kappa shape index (κ3) is 4.29. The number of nitrogens with one attached hydrogen (secondary N) is 1. The quantitative estimate of drug-likeness (QED) is 0.426. The van der Waals surface area contributed by atoms with Crippen molar-refractivity contribution in [2.45, 2.75) is 11.8 Å². The van der Waals surface area contributed by atoms with Crippen LogP contribution in [0.2, 0.25) is 0 Å². The Morgan fingerprint density at radius 3 is 2.59 bits per heavy atom. The van der Waals surface area contributed by atoms with Crippen LogP contribution in [0.3, 0.4) is 0 Å². The number of nitrogens with zero attached hydrogens (tertiary/aromatic N) is 2. The molecule has 5 nitrogen and oxygen atoms in total. The minimum absolute atomic E-state index is 0.221. The van der Waals surface area contributed by atoms with Gasteiger partial charge in [-0.3, -0.25) is 4.98 Å². The van der Waals surface area contributed by atoms with E-state index in [0.29, 0.717) is 0 Å². The second kappa shape index (κ2) is 8.43. The molecule has 1 aromatic heterocycles. The van der Waals surface area contributed by atoms with Gasteiger partial charge in [-0.1, -0.05) is 24.3 Å². The summed E-state index contributed by atoms with van der Waals surface area (Å²) in [4.78, 5) is 5.49. The third-order valence-corrected chi connectivity index (χ3v) is 5.87. The van der Waals surface area contributed by atoms with Gasteiger partial charge in [0, 0.05) is 33.9 Å². The molecule has 0 bridgehead atoms. The molecule has 0 fully saturated rings. The zero-order chi connectivity index (χ0) is 20.2. The molecule has 1 heterocycles. The maximum Gasteiger partial charge on any atom is 0.117 e. The fraction of sp³-hybridized carbons (Fsp3) is 0.0870. The van der Waals surface area contributed by atoms with Gasteiger partial charge >= 0.3 is 0 Å². The van der Waals surface area contributed by atoms with Crippen LogP contribution < -0.4 is 5.32 Å². The Bertz CT molecular complexity index is 1190. The third-order valence-electron chi connectivity index (χ3n) is 4.51. The zero-order valence-corrected chi connectivity index (χ0v) is 17.0. The SMILES string of the molecule is COS(=Nc1ccc2nccc(Nc3cc(O)ccc3C)c2c1)c1ccccc1. The van der Waals surface area contributed by atoms with Crippen molar-refractivity contribution in [1.82, 2.24) is 4.98 Å². The number of anilines is 2. The first-order valence-electron chi connectivity index (χ1n) is 9.15. The molecule has 6 heteroatoms. The van der Waals surface area contributed by atoms with Crippen LogP contribution in [0.25, 0.3) is 10.9 Å². The van der Waals surface area contributed by atoms with Crippen molar-refractivity contribution in [3.05, 3.63) is 84.6 Å². The fourth-order valence-corrected chi connectivity index (χ4v) is 4.08. The monoisotopic (exact) mass is 403 g/mol. The van der Waals surface area contributed by atoms with Crippen LogP contribution in [-0.2, 0) is 15.2 Å². The van der Waals surface area contributed by atoms with Gasteiger partial charge in [-0.15, -0.1) is 0 Å². The number of aryl methyl sites for hydroxylation is 1. The molecule has 29 heavy (non-hydrogen) atoms. The second-order valence-electron chi connectivity index (χ2n) is 6.50. The van der Waals surface area contributed by atoms with Gasteiger partial charge in [0.15, 0.2) is 0 Å². The fourth-order valence-electron chi connectivity index (χ4n) is 3.01. The first kappa shape index (κ1) is 19.1. The van der Waals surface area contributed by atoms with E-state index in [9.17, 15) is 5.11 Å². The number of phenols is 1. The molecule has 0 spiro atoms. The number of benzene rings is 3. The van der Waals surface area contributed by atoms with Crippen LogP contribution in [-0.4, -0.2) is 17.2 Å². The summed E-state index contributed by atoms with van der Waals surface area (Å²) in [6, 6.07) is 23.1. The number of aromatic nitrogens is 1. The molecule has 0 saturated carbocycles. The molecule has 0 saturated heterocycles. The second-order valence-corrected chi connectivity index (χ2v) is 7.99. The van der Waals surface area contributed by atoms with Crippen molar-refractivity contribution < 1.29 is 9.29 Å². The molecule has 1 atom stereocenters. The summed E-state index contributed by atoms with van der Waals surface area (Å²) in [6.07, 6.45) is 1.77. The van der Waals surface area contributed by atoms with E-state index in [4.69, 9.17) is 8.55 Å². The predicted octanol–water partition coefficient (Wildman–Crippen LogP) is 6.05. The highest BCUT2D eigenvalue weighted by Gasteiger charge is 2.07. The molecule has 3 aromatic carbocycles. The highest BCUT2D eigenvalue weighted by Crippen LogP contribution is 2.31. The minimum atomic E-state index is -0.689. The minimum Gasteiger partial charge on any atom is -0.508 e. The number of rotatable bonds is 5. The molecule has 0 aliphatic rings. The summed E-state index contributed by atoms with van der Waals surface area (Å²) < 4.78 is 10.4. The molecular weight excluding hydrogens is 382 g/mol. The lowest BCUT2D eigenvalue weighted by Gasteiger charge is -2.13. The Hall–Kier alpha value is -3.22. The van der Waals surface area contributed by atoms with E-state index < -0.39 is 11.0 Å². The lowest BCUT2D eigenvalue weighted by molar-refractivity contribution is 0.475. The number of hydrogen-bond acceptors (Lipinski definition) is 5. The molecule has 2 N–H and O–H groups in total.